The Balaban J connectivity index is 2.80. The molecule has 0 atom stereocenters. The van der Waals surface area contributed by atoms with Gasteiger partial charge in [-0.05, 0) is 17.3 Å². The maximum atomic E-state index is 11.9. The van der Waals surface area contributed by atoms with Crippen LogP contribution in [-0.2, 0) is 0 Å². The quantitative estimate of drug-likeness (QED) is 0.454. The van der Waals surface area contributed by atoms with E-state index in [0.29, 0.717) is 5.19 Å². The summed E-state index contributed by atoms with van der Waals surface area (Å²) in [5, 5.41) is 0.709. The molecule has 0 N–H and O–H groups in total. The summed E-state index contributed by atoms with van der Waals surface area (Å²) in [5.41, 5.74) is 0. The van der Waals surface area contributed by atoms with Crippen LogP contribution in [0.1, 0.15) is 0 Å². The van der Waals surface area contributed by atoms with Crippen LogP contribution in [0.3, 0.4) is 0 Å². The summed E-state index contributed by atoms with van der Waals surface area (Å²) in [6.07, 6.45) is 0. The fraction of sp³-hybridized carbons (Fsp3) is 0.143. The third-order valence-electron chi connectivity index (χ3n) is 1.20. The molecule has 1 nitrogen and oxygen atoms in total. The molecule has 0 aliphatic rings. The standard InChI is InChI=1S/C7H7FOSi/c1-9-6-2-4-7(10-8)5-3-6/h2-5H,1H3. The van der Waals surface area contributed by atoms with Gasteiger partial charge in [0, 0.05) is 0 Å². The summed E-state index contributed by atoms with van der Waals surface area (Å²) in [7, 11) is 0.962. The van der Waals surface area contributed by atoms with Gasteiger partial charge < -0.3 is 8.84 Å². The first kappa shape index (κ1) is 7.28. The predicted octanol–water partition coefficient (Wildman–Crippen LogP) is 0.909. The number of halogens is 1. The van der Waals surface area contributed by atoms with Crippen LogP contribution >= 0.6 is 0 Å². The van der Waals surface area contributed by atoms with Crippen molar-refractivity contribution < 1.29 is 8.84 Å². The van der Waals surface area contributed by atoms with Gasteiger partial charge in [0.15, 0.2) is 0 Å². The van der Waals surface area contributed by atoms with Crippen molar-refractivity contribution in [3.05, 3.63) is 24.3 Å². The third-order valence-corrected chi connectivity index (χ3v) is 1.75. The fourth-order valence-corrected chi connectivity index (χ4v) is 0.947. The molecule has 52 valence electrons. The Morgan fingerprint density at radius 3 is 2.30 bits per heavy atom. The Hall–Kier alpha value is -0.833. The van der Waals surface area contributed by atoms with Gasteiger partial charge in [0.25, 0.3) is 0 Å². The zero-order valence-electron chi connectivity index (χ0n) is 5.60. The molecule has 3 heteroatoms. The molecule has 0 unspecified atom stereocenters. The van der Waals surface area contributed by atoms with E-state index in [1.807, 2.05) is 0 Å². The number of benzene rings is 1. The molecule has 0 spiro atoms. The summed E-state index contributed by atoms with van der Waals surface area (Å²) < 4.78 is 16.8. The summed E-state index contributed by atoms with van der Waals surface area (Å²) in [5.74, 6) is 0.766. The van der Waals surface area contributed by atoms with Crippen LogP contribution in [0.4, 0.5) is 4.11 Å². The third kappa shape index (κ3) is 1.57. The summed E-state index contributed by atoms with van der Waals surface area (Å²) >= 11 is 0. The van der Waals surface area contributed by atoms with Crippen molar-refractivity contribution >= 4 is 15.0 Å². The molecule has 0 saturated carbocycles. The summed E-state index contributed by atoms with van der Waals surface area (Å²) in [6.45, 7) is 0. The Kier molecular flexibility index (Phi) is 2.45. The van der Waals surface area contributed by atoms with Crippen LogP contribution in [0.2, 0.25) is 0 Å². The van der Waals surface area contributed by atoms with E-state index in [1.165, 1.54) is 0 Å². The maximum absolute atomic E-state index is 11.9. The highest BCUT2D eigenvalue weighted by Crippen LogP contribution is 2.04. The number of hydrogen-bond donors (Lipinski definition) is 0. The highest BCUT2D eigenvalue weighted by molar-refractivity contribution is 6.46. The van der Waals surface area contributed by atoms with Gasteiger partial charge in [-0.1, -0.05) is 12.1 Å². The smallest absolute Gasteiger partial charge is 0.333 e. The Bertz CT molecular complexity index is 174. The predicted molar refractivity (Wildman–Crippen MR) is 39.5 cm³/mol. The molecule has 1 aromatic rings. The molecule has 2 radical (unpaired) electrons. The highest BCUT2D eigenvalue weighted by Gasteiger charge is 1.93. The second kappa shape index (κ2) is 3.36. The molecule has 1 aromatic carbocycles. The summed E-state index contributed by atoms with van der Waals surface area (Å²) in [6, 6.07) is 6.94. The van der Waals surface area contributed by atoms with Crippen molar-refractivity contribution in [1.29, 1.82) is 0 Å². The van der Waals surface area contributed by atoms with E-state index in [4.69, 9.17) is 4.74 Å². The van der Waals surface area contributed by atoms with E-state index in [1.54, 1.807) is 31.4 Å². The van der Waals surface area contributed by atoms with E-state index in [0.717, 1.165) is 5.75 Å². The second-order valence-corrected chi connectivity index (χ2v) is 2.59. The molecule has 0 amide bonds. The zero-order valence-corrected chi connectivity index (χ0v) is 6.60. The normalized spacial score (nSPS) is 9.40. The lowest BCUT2D eigenvalue weighted by atomic mass is 10.3. The summed E-state index contributed by atoms with van der Waals surface area (Å²) in [4.78, 5) is 0. The molecule has 0 fully saturated rings. The topological polar surface area (TPSA) is 9.23 Å². The van der Waals surface area contributed by atoms with Gasteiger partial charge in [0.05, 0.1) is 7.11 Å². The van der Waals surface area contributed by atoms with Gasteiger partial charge in [-0.3, -0.25) is 0 Å². The SMILES string of the molecule is COc1ccc([Si]F)cc1. The lowest BCUT2D eigenvalue weighted by Crippen LogP contribution is -2.07. The maximum Gasteiger partial charge on any atom is 0.333 e. The van der Waals surface area contributed by atoms with Gasteiger partial charge in [-0.25, -0.2) is 0 Å². The minimum Gasteiger partial charge on any atom is -0.497 e. The first-order valence-corrected chi connectivity index (χ1v) is 3.75. The fourth-order valence-electron chi connectivity index (χ4n) is 0.654. The average molecular weight is 154 g/mol. The molecular weight excluding hydrogens is 147 g/mol. The van der Waals surface area contributed by atoms with E-state index < -0.39 is 9.85 Å². The first-order chi connectivity index (χ1) is 4.86. The number of hydrogen-bond acceptors (Lipinski definition) is 1. The molecule has 1 rings (SSSR count). The number of ether oxygens (including phenoxy) is 1. The lowest BCUT2D eigenvalue weighted by molar-refractivity contribution is 0.415. The van der Waals surface area contributed by atoms with Gasteiger partial charge in [0.1, 0.15) is 5.75 Å². The molecule has 0 saturated heterocycles. The van der Waals surface area contributed by atoms with Crippen molar-refractivity contribution in [2.45, 2.75) is 0 Å². The van der Waals surface area contributed by atoms with Crippen LogP contribution in [0, 0.1) is 0 Å². The van der Waals surface area contributed by atoms with Crippen LogP contribution in [0.25, 0.3) is 0 Å². The van der Waals surface area contributed by atoms with Crippen molar-refractivity contribution in [2.24, 2.45) is 0 Å². The van der Waals surface area contributed by atoms with Crippen molar-refractivity contribution in [1.82, 2.24) is 0 Å². The average Bonchev–Trinajstić information content (AvgIpc) is 2.05. The minimum atomic E-state index is -0.628. The first-order valence-electron chi connectivity index (χ1n) is 2.87. The zero-order chi connectivity index (χ0) is 7.40. The van der Waals surface area contributed by atoms with Crippen molar-refractivity contribution in [2.75, 3.05) is 7.11 Å². The van der Waals surface area contributed by atoms with E-state index in [-0.39, 0.29) is 0 Å². The van der Waals surface area contributed by atoms with Crippen LogP contribution in [0.15, 0.2) is 24.3 Å². The molecule has 0 aliphatic heterocycles. The van der Waals surface area contributed by atoms with Crippen LogP contribution < -0.4 is 9.92 Å². The highest BCUT2D eigenvalue weighted by atomic mass is 28.3. The number of methoxy groups -OCH3 is 1. The number of rotatable bonds is 2. The molecule has 0 aromatic heterocycles. The monoisotopic (exact) mass is 154 g/mol. The minimum absolute atomic E-state index is 0.628. The Labute approximate surface area is 61.8 Å². The molecule has 0 aliphatic carbocycles. The Morgan fingerprint density at radius 2 is 1.90 bits per heavy atom. The van der Waals surface area contributed by atoms with Crippen molar-refractivity contribution in [3.8, 4) is 5.75 Å². The Morgan fingerprint density at radius 1 is 1.30 bits per heavy atom. The van der Waals surface area contributed by atoms with Gasteiger partial charge in [0.2, 0.25) is 0 Å². The molecular formula is C7H7FOSi. The molecule has 0 heterocycles. The van der Waals surface area contributed by atoms with E-state index in [2.05, 4.69) is 0 Å². The lowest BCUT2D eigenvalue weighted by Gasteiger charge is -1.97. The van der Waals surface area contributed by atoms with E-state index in [9.17, 15) is 4.11 Å². The second-order valence-electron chi connectivity index (χ2n) is 1.82. The molecule has 10 heavy (non-hydrogen) atoms. The van der Waals surface area contributed by atoms with Crippen LogP contribution in [0.5, 0.6) is 5.75 Å². The van der Waals surface area contributed by atoms with Gasteiger partial charge >= 0.3 is 9.85 Å². The van der Waals surface area contributed by atoms with Gasteiger partial charge in [-0.2, -0.15) is 0 Å². The van der Waals surface area contributed by atoms with Crippen LogP contribution in [-0.4, -0.2) is 17.0 Å². The van der Waals surface area contributed by atoms with E-state index >= 15 is 0 Å². The molecule has 0 bridgehead atoms. The van der Waals surface area contributed by atoms with Gasteiger partial charge in [-0.15, -0.1) is 0 Å². The largest absolute Gasteiger partial charge is 0.497 e. The van der Waals surface area contributed by atoms with Crippen molar-refractivity contribution in [3.63, 3.8) is 0 Å².